The molecule has 0 aromatic carbocycles. The van der Waals surface area contributed by atoms with Crippen molar-refractivity contribution in [1.82, 2.24) is 0 Å². The van der Waals surface area contributed by atoms with E-state index in [1.165, 1.54) is 6.92 Å². The van der Waals surface area contributed by atoms with Crippen LogP contribution in [0.4, 0.5) is 0 Å². The largest absolute Gasteiger partial charge is 0.479 e. The lowest BCUT2D eigenvalue weighted by Gasteiger charge is -1.95. The second-order valence-electron chi connectivity index (χ2n) is 1.29. The molecule has 0 unspecified atom stereocenters. The molecule has 0 aromatic heterocycles. The highest BCUT2D eigenvalue weighted by atomic mass is 16.5. The van der Waals surface area contributed by atoms with E-state index in [1.54, 1.807) is 0 Å². The average molecular weight is 131 g/mol. The van der Waals surface area contributed by atoms with E-state index < -0.39 is 18.5 Å². The number of carbonyl (C=O) groups is 2. The monoisotopic (exact) mass is 131 g/mol. The van der Waals surface area contributed by atoms with Gasteiger partial charge in [-0.3, -0.25) is 4.79 Å². The molecule has 0 aliphatic carbocycles. The SMILES string of the molecule is C[CH]C(=O)OCC(=O)O. The van der Waals surface area contributed by atoms with Crippen LogP contribution in [0.5, 0.6) is 0 Å². The van der Waals surface area contributed by atoms with E-state index in [-0.39, 0.29) is 0 Å². The number of esters is 1. The van der Waals surface area contributed by atoms with Gasteiger partial charge in [-0.25, -0.2) is 4.79 Å². The van der Waals surface area contributed by atoms with Gasteiger partial charge in [0.15, 0.2) is 6.61 Å². The van der Waals surface area contributed by atoms with Gasteiger partial charge in [-0.05, 0) is 0 Å². The van der Waals surface area contributed by atoms with E-state index in [0.717, 1.165) is 6.42 Å². The van der Waals surface area contributed by atoms with E-state index >= 15 is 0 Å². The normalized spacial score (nSPS) is 8.56. The molecule has 0 saturated carbocycles. The zero-order valence-electron chi connectivity index (χ0n) is 4.96. The van der Waals surface area contributed by atoms with Gasteiger partial charge in [-0.15, -0.1) is 0 Å². The predicted molar refractivity (Wildman–Crippen MR) is 28.6 cm³/mol. The van der Waals surface area contributed by atoms with Crippen LogP contribution in [0.15, 0.2) is 0 Å². The number of carboxylic acid groups (broad SMARTS) is 1. The highest BCUT2D eigenvalue weighted by molar-refractivity contribution is 5.80. The van der Waals surface area contributed by atoms with Gasteiger partial charge in [0.25, 0.3) is 0 Å². The van der Waals surface area contributed by atoms with Gasteiger partial charge in [0.05, 0.1) is 6.42 Å². The molecule has 0 heterocycles. The number of aliphatic carboxylic acids is 1. The van der Waals surface area contributed by atoms with Crippen molar-refractivity contribution in [3.63, 3.8) is 0 Å². The zero-order chi connectivity index (χ0) is 7.28. The standard InChI is InChI=1S/C5H7O4/c1-2-5(8)9-3-4(6)7/h2H,3H2,1H3,(H,6,7). The molecule has 0 saturated heterocycles. The van der Waals surface area contributed by atoms with Crippen molar-refractivity contribution in [2.24, 2.45) is 0 Å². The van der Waals surface area contributed by atoms with Crippen LogP contribution in [-0.4, -0.2) is 23.7 Å². The van der Waals surface area contributed by atoms with Gasteiger partial charge in [-0.2, -0.15) is 0 Å². The fraction of sp³-hybridized carbons (Fsp3) is 0.400. The minimum Gasteiger partial charge on any atom is -0.479 e. The predicted octanol–water partition coefficient (Wildman–Crippen LogP) is -0.162. The van der Waals surface area contributed by atoms with Gasteiger partial charge in [-0.1, -0.05) is 6.92 Å². The Morgan fingerprint density at radius 3 is 2.56 bits per heavy atom. The van der Waals surface area contributed by atoms with Crippen molar-refractivity contribution in [3.05, 3.63) is 6.42 Å². The van der Waals surface area contributed by atoms with Crippen LogP contribution in [0.1, 0.15) is 6.92 Å². The maximum Gasteiger partial charge on any atom is 0.341 e. The molecular weight excluding hydrogens is 124 g/mol. The van der Waals surface area contributed by atoms with Gasteiger partial charge < -0.3 is 9.84 Å². The van der Waals surface area contributed by atoms with E-state index in [4.69, 9.17) is 5.11 Å². The van der Waals surface area contributed by atoms with Gasteiger partial charge in [0.1, 0.15) is 0 Å². The van der Waals surface area contributed by atoms with E-state index in [0.29, 0.717) is 0 Å². The maximum absolute atomic E-state index is 10.2. The average Bonchev–Trinajstić information content (AvgIpc) is 1.83. The molecule has 0 aliphatic rings. The third kappa shape index (κ3) is 4.80. The molecule has 0 spiro atoms. The van der Waals surface area contributed by atoms with Crippen molar-refractivity contribution in [1.29, 1.82) is 0 Å². The number of ether oxygens (including phenoxy) is 1. The summed E-state index contributed by atoms with van der Waals surface area (Å²) in [6.07, 6.45) is 1.16. The summed E-state index contributed by atoms with van der Waals surface area (Å²) in [5.74, 6) is -1.76. The highest BCUT2D eigenvalue weighted by Gasteiger charge is 2.01. The summed E-state index contributed by atoms with van der Waals surface area (Å²) in [6, 6.07) is 0. The first-order chi connectivity index (χ1) is 4.16. The second-order valence-corrected chi connectivity index (χ2v) is 1.29. The third-order valence-corrected chi connectivity index (χ3v) is 0.574. The Hall–Kier alpha value is -1.06. The molecule has 4 nitrogen and oxygen atoms in total. The smallest absolute Gasteiger partial charge is 0.341 e. The Labute approximate surface area is 52.4 Å². The number of rotatable bonds is 3. The molecule has 1 N–H and O–H groups in total. The van der Waals surface area contributed by atoms with Crippen LogP contribution in [0, 0.1) is 6.42 Å². The molecule has 0 rings (SSSR count). The van der Waals surface area contributed by atoms with E-state index in [1.807, 2.05) is 0 Å². The molecule has 51 valence electrons. The lowest BCUT2D eigenvalue weighted by Crippen LogP contribution is -2.11. The summed E-state index contributed by atoms with van der Waals surface area (Å²) < 4.78 is 4.16. The van der Waals surface area contributed by atoms with Gasteiger partial charge in [0.2, 0.25) is 0 Å². The number of hydrogen-bond acceptors (Lipinski definition) is 3. The Bertz CT molecular complexity index is 118. The minimum atomic E-state index is -1.15. The van der Waals surface area contributed by atoms with Gasteiger partial charge >= 0.3 is 11.9 Å². The van der Waals surface area contributed by atoms with Crippen LogP contribution in [-0.2, 0) is 14.3 Å². The summed E-state index contributed by atoms with van der Waals surface area (Å²) >= 11 is 0. The Kier molecular flexibility index (Phi) is 3.43. The summed E-state index contributed by atoms with van der Waals surface area (Å²) in [6.45, 7) is 0.910. The fourth-order valence-electron chi connectivity index (χ4n) is 0.216. The Morgan fingerprint density at radius 1 is 1.67 bits per heavy atom. The molecule has 0 atom stereocenters. The summed E-state index contributed by atoms with van der Waals surface area (Å²) in [4.78, 5) is 19.9. The van der Waals surface area contributed by atoms with Crippen molar-refractivity contribution in [2.45, 2.75) is 6.92 Å². The van der Waals surface area contributed by atoms with Crippen LogP contribution >= 0.6 is 0 Å². The molecule has 0 aliphatic heterocycles. The van der Waals surface area contributed by atoms with Crippen LogP contribution in [0.3, 0.4) is 0 Å². The van der Waals surface area contributed by atoms with Crippen LogP contribution in [0.2, 0.25) is 0 Å². The number of hydrogen-bond donors (Lipinski definition) is 1. The molecule has 1 radical (unpaired) electrons. The number of carboxylic acids is 1. The Balaban J connectivity index is 3.28. The van der Waals surface area contributed by atoms with Crippen molar-refractivity contribution >= 4 is 11.9 Å². The molecule has 0 fully saturated rings. The first-order valence-corrected chi connectivity index (χ1v) is 2.34. The van der Waals surface area contributed by atoms with Crippen LogP contribution in [0.25, 0.3) is 0 Å². The first kappa shape index (κ1) is 7.94. The van der Waals surface area contributed by atoms with Crippen LogP contribution < -0.4 is 0 Å². The quantitative estimate of drug-likeness (QED) is 0.540. The molecular formula is C5H7O4. The molecule has 0 amide bonds. The van der Waals surface area contributed by atoms with E-state index in [9.17, 15) is 9.59 Å². The minimum absolute atomic E-state index is 0.566. The van der Waals surface area contributed by atoms with E-state index in [2.05, 4.69) is 4.74 Å². The molecule has 9 heavy (non-hydrogen) atoms. The molecule has 0 bridgehead atoms. The Morgan fingerprint density at radius 2 is 2.22 bits per heavy atom. The summed E-state index contributed by atoms with van der Waals surface area (Å²) in [5.41, 5.74) is 0. The third-order valence-electron chi connectivity index (χ3n) is 0.574. The maximum atomic E-state index is 10.2. The topological polar surface area (TPSA) is 63.6 Å². The van der Waals surface area contributed by atoms with Crippen molar-refractivity contribution < 1.29 is 19.4 Å². The summed E-state index contributed by atoms with van der Waals surface area (Å²) in [5, 5.41) is 7.97. The second kappa shape index (κ2) is 3.88. The fourth-order valence-corrected chi connectivity index (χ4v) is 0.216. The number of carbonyl (C=O) groups excluding carboxylic acids is 1. The first-order valence-electron chi connectivity index (χ1n) is 2.34. The lowest BCUT2D eigenvalue weighted by atomic mass is 10.5. The van der Waals surface area contributed by atoms with Crippen molar-refractivity contribution in [2.75, 3.05) is 6.61 Å². The molecule has 0 aromatic rings. The van der Waals surface area contributed by atoms with Gasteiger partial charge in [0, 0.05) is 0 Å². The van der Waals surface area contributed by atoms with Crippen molar-refractivity contribution in [3.8, 4) is 0 Å². The summed E-state index contributed by atoms with van der Waals surface area (Å²) in [7, 11) is 0. The highest BCUT2D eigenvalue weighted by Crippen LogP contribution is 1.81. The zero-order valence-corrected chi connectivity index (χ0v) is 4.96. The lowest BCUT2D eigenvalue weighted by molar-refractivity contribution is -0.152. The molecule has 4 heteroatoms.